The van der Waals surface area contributed by atoms with Crippen molar-refractivity contribution in [1.82, 2.24) is 20.4 Å². The number of nitrogens with zero attached hydrogens (tertiary/aromatic N) is 3. The highest BCUT2D eigenvalue weighted by Crippen LogP contribution is 2.17. The van der Waals surface area contributed by atoms with Gasteiger partial charge in [-0.1, -0.05) is 49.9 Å². The molecule has 0 aromatic heterocycles. The third-order valence-corrected chi connectivity index (χ3v) is 6.15. The molecule has 3 rings (SSSR count). The van der Waals surface area contributed by atoms with Crippen molar-refractivity contribution in [2.24, 2.45) is 4.99 Å². The minimum Gasteiger partial charge on any atom is -0.354 e. The van der Waals surface area contributed by atoms with Gasteiger partial charge >= 0.3 is 0 Å². The van der Waals surface area contributed by atoms with Gasteiger partial charge in [0.05, 0.1) is 13.1 Å². The van der Waals surface area contributed by atoms with E-state index in [4.69, 9.17) is 4.99 Å². The van der Waals surface area contributed by atoms with Gasteiger partial charge in [-0.05, 0) is 49.9 Å². The molecule has 174 valence electrons. The maximum atomic E-state index is 12.0. The standard InChI is InChI=1S/C24H39N5O.HI/c1-28(2)23(30)18-26-24(27-22-9-5-3-6-10-22)25-17-20-11-13-21(14-12-20)19-29-15-7-4-8-16-29;/h11-14,22H,3-10,15-19H2,1-2H3,(H2,25,26,27);1H. The third kappa shape index (κ3) is 9.35. The number of carbonyl (C=O) groups excluding carboxylic acids is 1. The fourth-order valence-electron chi connectivity index (χ4n) is 4.21. The van der Waals surface area contributed by atoms with Crippen LogP contribution < -0.4 is 10.6 Å². The minimum atomic E-state index is 0. The first-order valence-corrected chi connectivity index (χ1v) is 11.7. The van der Waals surface area contributed by atoms with E-state index in [2.05, 4.69) is 39.8 Å². The van der Waals surface area contributed by atoms with Crippen LogP contribution in [0.3, 0.4) is 0 Å². The molecule has 0 atom stereocenters. The Balaban J connectivity index is 0.00000341. The molecule has 1 amide bonds. The van der Waals surface area contributed by atoms with Gasteiger partial charge < -0.3 is 15.5 Å². The number of halogens is 1. The van der Waals surface area contributed by atoms with Gasteiger partial charge in [0.25, 0.3) is 0 Å². The zero-order valence-electron chi connectivity index (χ0n) is 19.2. The summed E-state index contributed by atoms with van der Waals surface area (Å²) in [6.45, 7) is 4.37. The number of guanidine groups is 1. The Labute approximate surface area is 205 Å². The number of benzene rings is 1. The molecular weight excluding hydrogens is 501 g/mol. The number of rotatable bonds is 7. The van der Waals surface area contributed by atoms with E-state index in [1.807, 2.05) is 0 Å². The Morgan fingerprint density at radius 2 is 1.61 bits per heavy atom. The second kappa shape index (κ2) is 13.9. The molecule has 2 fully saturated rings. The highest BCUT2D eigenvalue weighted by atomic mass is 127. The van der Waals surface area contributed by atoms with E-state index < -0.39 is 0 Å². The van der Waals surface area contributed by atoms with E-state index in [9.17, 15) is 4.79 Å². The summed E-state index contributed by atoms with van der Waals surface area (Å²) >= 11 is 0. The van der Waals surface area contributed by atoms with Crippen LogP contribution in [0.25, 0.3) is 0 Å². The fourth-order valence-corrected chi connectivity index (χ4v) is 4.21. The molecule has 1 heterocycles. The zero-order valence-corrected chi connectivity index (χ0v) is 21.6. The third-order valence-electron chi connectivity index (χ3n) is 6.15. The van der Waals surface area contributed by atoms with Gasteiger partial charge in [0.15, 0.2) is 5.96 Å². The van der Waals surface area contributed by atoms with Gasteiger partial charge in [-0.2, -0.15) is 0 Å². The molecule has 2 aliphatic rings. The van der Waals surface area contributed by atoms with Crippen LogP contribution in [0.4, 0.5) is 0 Å². The number of likely N-dealkylation sites (tertiary alicyclic amines) is 1. The van der Waals surface area contributed by atoms with Crippen molar-refractivity contribution in [1.29, 1.82) is 0 Å². The lowest BCUT2D eigenvalue weighted by molar-refractivity contribution is -0.127. The van der Waals surface area contributed by atoms with Crippen LogP contribution >= 0.6 is 24.0 Å². The Kier molecular flexibility index (Phi) is 11.6. The van der Waals surface area contributed by atoms with Gasteiger partial charge in [-0.3, -0.25) is 9.69 Å². The van der Waals surface area contributed by atoms with Gasteiger partial charge in [-0.15, -0.1) is 24.0 Å². The number of piperidine rings is 1. The summed E-state index contributed by atoms with van der Waals surface area (Å²) in [5, 5.41) is 6.77. The molecule has 0 unspecified atom stereocenters. The molecule has 1 aromatic carbocycles. The first-order chi connectivity index (χ1) is 14.6. The number of carbonyl (C=O) groups is 1. The van der Waals surface area contributed by atoms with Gasteiger partial charge in [-0.25, -0.2) is 4.99 Å². The van der Waals surface area contributed by atoms with Crippen LogP contribution in [0.5, 0.6) is 0 Å². The molecule has 0 spiro atoms. The molecule has 31 heavy (non-hydrogen) atoms. The quantitative estimate of drug-likeness (QED) is 0.314. The van der Waals surface area contributed by atoms with Crippen molar-refractivity contribution in [3.63, 3.8) is 0 Å². The van der Waals surface area contributed by atoms with Crippen LogP contribution in [-0.2, 0) is 17.9 Å². The van der Waals surface area contributed by atoms with E-state index in [0.29, 0.717) is 12.6 Å². The first kappa shape index (κ1) is 25.9. The summed E-state index contributed by atoms with van der Waals surface area (Å²) < 4.78 is 0. The van der Waals surface area contributed by atoms with Gasteiger partial charge in [0.1, 0.15) is 0 Å². The maximum Gasteiger partial charge on any atom is 0.241 e. The largest absolute Gasteiger partial charge is 0.354 e. The number of hydrogen-bond donors (Lipinski definition) is 2. The summed E-state index contributed by atoms with van der Waals surface area (Å²) in [6.07, 6.45) is 10.2. The molecule has 0 bridgehead atoms. The molecule has 1 aromatic rings. The Hall–Kier alpha value is -1.35. The topological polar surface area (TPSA) is 60.0 Å². The molecule has 0 radical (unpaired) electrons. The maximum absolute atomic E-state index is 12.0. The van der Waals surface area contributed by atoms with Gasteiger partial charge in [0, 0.05) is 26.7 Å². The number of aliphatic imine (C=N–C) groups is 1. The first-order valence-electron chi connectivity index (χ1n) is 11.7. The van der Waals surface area contributed by atoms with Crippen molar-refractivity contribution in [2.75, 3.05) is 33.7 Å². The predicted octanol–water partition coefficient (Wildman–Crippen LogP) is 3.75. The van der Waals surface area contributed by atoms with E-state index >= 15 is 0 Å². The van der Waals surface area contributed by atoms with E-state index in [0.717, 1.165) is 12.5 Å². The second-order valence-corrected chi connectivity index (χ2v) is 8.94. The Bertz CT molecular complexity index is 680. The highest BCUT2D eigenvalue weighted by molar-refractivity contribution is 14.0. The van der Waals surface area contributed by atoms with Crippen LogP contribution in [0.15, 0.2) is 29.3 Å². The molecule has 6 nitrogen and oxygen atoms in total. The molecule has 1 saturated carbocycles. The van der Waals surface area contributed by atoms with Crippen molar-refractivity contribution in [2.45, 2.75) is 70.5 Å². The predicted molar refractivity (Wildman–Crippen MR) is 139 cm³/mol. The summed E-state index contributed by atoms with van der Waals surface area (Å²) in [5.41, 5.74) is 2.57. The zero-order chi connectivity index (χ0) is 21.2. The second-order valence-electron chi connectivity index (χ2n) is 8.94. The van der Waals surface area contributed by atoms with Crippen molar-refractivity contribution in [3.05, 3.63) is 35.4 Å². The summed E-state index contributed by atoms with van der Waals surface area (Å²) in [6, 6.07) is 9.29. The number of nitrogens with one attached hydrogen (secondary N) is 2. The number of likely N-dealkylation sites (N-methyl/N-ethyl adjacent to an activating group) is 1. The van der Waals surface area contributed by atoms with Crippen molar-refractivity contribution < 1.29 is 4.79 Å². The van der Waals surface area contributed by atoms with Crippen molar-refractivity contribution >= 4 is 35.8 Å². The SMILES string of the molecule is CN(C)C(=O)CNC(=NCc1ccc(CN2CCCCC2)cc1)NC1CCCCC1.I. The Morgan fingerprint density at radius 3 is 2.26 bits per heavy atom. The lowest BCUT2D eigenvalue weighted by atomic mass is 9.96. The van der Waals surface area contributed by atoms with E-state index in [-0.39, 0.29) is 36.4 Å². The van der Waals surface area contributed by atoms with E-state index in [1.54, 1.807) is 19.0 Å². The molecule has 7 heteroatoms. The van der Waals surface area contributed by atoms with Crippen LogP contribution in [0.2, 0.25) is 0 Å². The molecule has 1 aliphatic heterocycles. The van der Waals surface area contributed by atoms with E-state index in [1.165, 1.54) is 75.6 Å². The number of amides is 1. The molecular formula is C24H40IN5O. The van der Waals surface area contributed by atoms with Gasteiger partial charge in [0.2, 0.25) is 5.91 Å². The van der Waals surface area contributed by atoms with Crippen LogP contribution in [0.1, 0.15) is 62.5 Å². The number of hydrogen-bond acceptors (Lipinski definition) is 3. The summed E-state index contributed by atoms with van der Waals surface area (Å²) in [4.78, 5) is 20.9. The smallest absolute Gasteiger partial charge is 0.241 e. The average molecular weight is 542 g/mol. The van der Waals surface area contributed by atoms with Crippen molar-refractivity contribution in [3.8, 4) is 0 Å². The normalized spacial score (nSPS) is 18.2. The highest BCUT2D eigenvalue weighted by Gasteiger charge is 2.15. The molecule has 1 saturated heterocycles. The lowest BCUT2D eigenvalue weighted by Crippen LogP contribution is -2.47. The molecule has 1 aliphatic carbocycles. The summed E-state index contributed by atoms with van der Waals surface area (Å²) in [7, 11) is 3.56. The monoisotopic (exact) mass is 541 g/mol. The van der Waals surface area contributed by atoms with Crippen LogP contribution in [0, 0.1) is 0 Å². The average Bonchev–Trinajstić information content (AvgIpc) is 2.77. The van der Waals surface area contributed by atoms with Crippen LogP contribution in [-0.4, -0.2) is 61.4 Å². The summed E-state index contributed by atoms with van der Waals surface area (Å²) in [5.74, 6) is 0.796. The molecule has 2 N–H and O–H groups in total. The fraction of sp³-hybridized carbons (Fsp3) is 0.667. The lowest BCUT2D eigenvalue weighted by Gasteiger charge is -2.26. The minimum absolute atomic E-state index is 0. The Morgan fingerprint density at radius 1 is 1.00 bits per heavy atom.